The zero-order valence-electron chi connectivity index (χ0n) is 10.5. The topological polar surface area (TPSA) is 61.9 Å². The lowest BCUT2D eigenvalue weighted by atomic mass is 10.2. The van der Waals surface area contributed by atoms with Crippen molar-refractivity contribution in [3.63, 3.8) is 0 Å². The van der Waals surface area contributed by atoms with Crippen LogP contribution in [0.4, 0.5) is 5.69 Å². The van der Waals surface area contributed by atoms with Crippen LogP contribution in [0.3, 0.4) is 0 Å². The summed E-state index contributed by atoms with van der Waals surface area (Å²) < 4.78 is 5.72. The molecule has 2 N–H and O–H groups in total. The van der Waals surface area contributed by atoms with Crippen LogP contribution in [-0.4, -0.2) is 10.8 Å². The highest BCUT2D eigenvalue weighted by atomic mass is 16.3. The number of rotatable bonds is 2. The molecule has 0 saturated carbocycles. The molecular weight excluding hydrogens is 238 g/mol. The number of fused-ring (bicyclic) bond motifs is 1. The normalized spacial score (nSPS) is 10.6. The quantitative estimate of drug-likeness (QED) is 0.536. The highest BCUT2D eigenvalue weighted by molar-refractivity contribution is 5.93. The Balaban J connectivity index is 2.04. The van der Waals surface area contributed by atoms with Gasteiger partial charge < -0.3 is 9.73 Å². The zero-order valence-corrected chi connectivity index (χ0v) is 10.5. The molecule has 1 heterocycles. The number of aromatic nitrogens is 1. The minimum Gasteiger partial charge on any atom is -0.436 e. The van der Waals surface area contributed by atoms with E-state index in [1.54, 1.807) is 6.92 Å². The third-order valence-electron chi connectivity index (χ3n) is 2.74. The standard InChI is InChI=1S/C15H13N3O/c1-10(16)17-12-7-8-14-13(9-12)18-15(19-14)11-5-3-2-4-6-11/h2-9H,1H3,(H2,16,17). The second-order valence-corrected chi connectivity index (χ2v) is 4.32. The van der Waals surface area contributed by atoms with E-state index >= 15 is 0 Å². The Morgan fingerprint density at radius 3 is 2.68 bits per heavy atom. The fourth-order valence-electron chi connectivity index (χ4n) is 1.93. The van der Waals surface area contributed by atoms with Gasteiger partial charge in [-0.2, -0.15) is 0 Å². The van der Waals surface area contributed by atoms with Gasteiger partial charge in [0.2, 0.25) is 5.89 Å². The van der Waals surface area contributed by atoms with Crippen LogP contribution in [0.5, 0.6) is 0 Å². The predicted octanol–water partition coefficient (Wildman–Crippen LogP) is 3.90. The van der Waals surface area contributed by atoms with Crippen LogP contribution in [-0.2, 0) is 0 Å². The van der Waals surface area contributed by atoms with Crippen molar-refractivity contribution >= 4 is 22.6 Å². The Hall–Kier alpha value is -2.62. The van der Waals surface area contributed by atoms with Crippen molar-refractivity contribution in [3.8, 4) is 11.5 Å². The van der Waals surface area contributed by atoms with Gasteiger partial charge in [-0.15, -0.1) is 0 Å². The third kappa shape index (κ3) is 2.33. The van der Waals surface area contributed by atoms with E-state index < -0.39 is 0 Å². The third-order valence-corrected chi connectivity index (χ3v) is 2.74. The maximum absolute atomic E-state index is 7.42. The van der Waals surface area contributed by atoms with Crippen LogP contribution < -0.4 is 5.32 Å². The van der Waals surface area contributed by atoms with E-state index in [2.05, 4.69) is 10.3 Å². The molecule has 0 spiro atoms. The maximum atomic E-state index is 7.42. The molecule has 0 saturated heterocycles. The van der Waals surface area contributed by atoms with Crippen LogP contribution in [0.25, 0.3) is 22.6 Å². The summed E-state index contributed by atoms with van der Waals surface area (Å²) in [5, 5.41) is 10.4. The Morgan fingerprint density at radius 2 is 1.95 bits per heavy atom. The summed E-state index contributed by atoms with van der Waals surface area (Å²) in [5.41, 5.74) is 3.32. The minimum atomic E-state index is 0.395. The van der Waals surface area contributed by atoms with Crippen molar-refractivity contribution in [3.05, 3.63) is 48.5 Å². The molecule has 2 aromatic carbocycles. The number of oxazole rings is 1. The monoisotopic (exact) mass is 251 g/mol. The first-order valence-corrected chi connectivity index (χ1v) is 6.00. The highest BCUT2D eigenvalue weighted by Gasteiger charge is 2.08. The Morgan fingerprint density at radius 1 is 1.16 bits per heavy atom. The number of hydrogen-bond acceptors (Lipinski definition) is 3. The van der Waals surface area contributed by atoms with Gasteiger partial charge in [0.05, 0.1) is 5.84 Å². The predicted molar refractivity (Wildman–Crippen MR) is 76.5 cm³/mol. The summed E-state index contributed by atoms with van der Waals surface area (Å²) in [7, 11) is 0. The largest absolute Gasteiger partial charge is 0.436 e. The molecule has 0 radical (unpaired) electrons. The number of benzene rings is 2. The number of nitrogens with one attached hydrogen (secondary N) is 2. The molecule has 0 aliphatic rings. The van der Waals surface area contributed by atoms with E-state index in [-0.39, 0.29) is 0 Å². The van der Waals surface area contributed by atoms with Crippen molar-refractivity contribution in [2.45, 2.75) is 6.92 Å². The minimum absolute atomic E-state index is 0.395. The summed E-state index contributed by atoms with van der Waals surface area (Å²) in [5.74, 6) is 1.01. The van der Waals surface area contributed by atoms with E-state index in [0.29, 0.717) is 11.7 Å². The van der Waals surface area contributed by atoms with Gasteiger partial charge in [-0.25, -0.2) is 4.98 Å². The van der Waals surface area contributed by atoms with E-state index in [4.69, 9.17) is 9.83 Å². The van der Waals surface area contributed by atoms with Crippen molar-refractivity contribution in [2.75, 3.05) is 5.32 Å². The van der Waals surface area contributed by atoms with Crippen molar-refractivity contribution in [2.24, 2.45) is 0 Å². The second kappa shape index (κ2) is 4.57. The fraction of sp³-hybridized carbons (Fsp3) is 0.0667. The fourth-order valence-corrected chi connectivity index (χ4v) is 1.93. The van der Waals surface area contributed by atoms with Crippen molar-refractivity contribution in [1.29, 1.82) is 5.41 Å². The summed E-state index contributed by atoms with van der Waals surface area (Å²) in [4.78, 5) is 4.47. The Labute approximate surface area is 110 Å². The maximum Gasteiger partial charge on any atom is 0.227 e. The number of amidine groups is 1. The molecule has 19 heavy (non-hydrogen) atoms. The van der Waals surface area contributed by atoms with Gasteiger partial charge in [0, 0.05) is 11.3 Å². The molecule has 0 fully saturated rings. The van der Waals surface area contributed by atoms with Gasteiger partial charge in [0.15, 0.2) is 5.58 Å². The molecule has 4 nitrogen and oxygen atoms in total. The van der Waals surface area contributed by atoms with E-state index in [9.17, 15) is 0 Å². The van der Waals surface area contributed by atoms with Crippen LogP contribution in [0.1, 0.15) is 6.92 Å². The van der Waals surface area contributed by atoms with E-state index in [1.165, 1.54) is 0 Å². The molecule has 0 atom stereocenters. The molecule has 4 heteroatoms. The lowest BCUT2D eigenvalue weighted by Gasteiger charge is -2.01. The molecule has 1 aromatic heterocycles. The molecule has 3 rings (SSSR count). The summed E-state index contributed by atoms with van der Waals surface area (Å²) in [6.45, 7) is 1.70. The number of anilines is 1. The van der Waals surface area contributed by atoms with E-state index in [1.807, 2.05) is 48.5 Å². The zero-order chi connectivity index (χ0) is 13.2. The van der Waals surface area contributed by atoms with Crippen LogP contribution >= 0.6 is 0 Å². The smallest absolute Gasteiger partial charge is 0.227 e. The first-order valence-electron chi connectivity index (χ1n) is 6.00. The molecule has 0 bridgehead atoms. The molecule has 0 amide bonds. The molecule has 0 aliphatic heterocycles. The van der Waals surface area contributed by atoms with Crippen LogP contribution in [0, 0.1) is 5.41 Å². The number of hydrogen-bond donors (Lipinski definition) is 2. The Kier molecular flexibility index (Phi) is 2.76. The average molecular weight is 251 g/mol. The molecule has 94 valence electrons. The first-order chi connectivity index (χ1) is 9.22. The SMILES string of the molecule is CC(=N)Nc1ccc2oc(-c3ccccc3)nc2c1. The number of nitrogens with zero attached hydrogens (tertiary/aromatic N) is 1. The van der Waals surface area contributed by atoms with Crippen molar-refractivity contribution < 1.29 is 4.42 Å². The van der Waals surface area contributed by atoms with Crippen LogP contribution in [0.2, 0.25) is 0 Å². The molecule has 0 unspecified atom stereocenters. The summed E-state index contributed by atoms with van der Waals surface area (Å²) >= 11 is 0. The summed E-state index contributed by atoms with van der Waals surface area (Å²) in [6, 6.07) is 15.4. The van der Waals surface area contributed by atoms with Gasteiger partial charge in [-0.05, 0) is 37.3 Å². The first kappa shape index (κ1) is 11.5. The molecular formula is C15H13N3O. The Bertz CT molecular complexity index is 731. The van der Waals surface area contributed by atoms with Crippen molar-refractivity contribution in [1.82, 2.24) is 4.98 Å². The average Bonchev–Trinajstić information content (AvgIpc) is 2.82. The lowest BCUT2D eigenvalue weighted by Crippen LogP contribution is -2.04. The van der Waals surface area contributed by atoms with Gasteiger partial charge >= 0.3 is 0 Å². The van der Waals surface area contributed by atoms with E-state index in [0.717, 1.165) is 22.4 Å². The summed E-state index contributed by atoms with van der Waals surface area (Å²) in [6.07, 6.45) is 0. The highest BCUT2D eigenvalue weighted by Crippen LogP contribution is 2.25. The molecule has 3 aromatic rings. The van der Waals surface area contributed by atoms with Gasteiger partial charge in [-0.1, -0.05) is 18.2 Å². The molecule has 0 aliphatic carbocycles. The van der Waals surface area contributed by atoms with Crippen LogP contribution in [0.15, 0.2) is 52.9 Å². The second-order valence-electron chi connectivity index (χ2n) is 4.32. The lowest BCUT2D eigenvalue weighted by molar-refractivity contribution is 0.620. The van der Waals surface area contributed by atoms with Gasteiger partial charge in [-0.3, -0.25) is 5.41 Å². The van der Waals surface area contributed by atoms with Gasteiger partial charge in [0.25, 0.3) is 0 Å². The van der Waals surface area contributed by atoms with Gasteiger partial charge in [0.1, 0.15) is 5.52 Å².